The Balaban J connectivity index is 1.77. The van der Waals surface area contributed by atoms with Gasteiger partial charge in [-0.1, -0.05) is 123 Å². The van der Waals surface area contributed by atoms with E-state index in [-0.39, 0.29) is 0 Å². The van der Waals surface area contributed by atoms with Gasteiger partial charge in [0.1, 0.15) is 0 Å². The molecule has 0 amide bonds. The van der Waals surface area contributed by atoms with Crippen molar-refractivity contribution >= 4 is 0 Å². The molecule has 2 nitrogen and oxygen atoms in total. The third-order valence-corrected chi connectivity index (χ3v) is 6.70. The van der Waals surface area contributed by atoms with Crippen LogP contribution in [-0.2, 0) is 0 Å². The van der Waals surface area contributed by atoms with Crippen LogP contribution >= 0.6 is 0 Å². The van der Waals surface area contributed by atoms with E-state index in [9.17, 15) is 0 Å². The first-order chi connectivity index (χ1) is 14.3. The van der Waals surface area contributed by atoms with Crippen molar-refractivity contribution in [2.75, 3.05) is 13.1 Å². The zero-order chi connectivity index (χ0) is 21.0. The van der Waals surface area contributed by atoms with Gasteiger partial charge in [0.15, 0.2) is 0 Å². The van der Waals surface area contributed by atoms with E-state index in [2.05, 4.69) is 43.0 Å². The average Bonchev–Trinajstić information content (AvgIpc) is 3.08. The molecule has 0 spiro atoms. The van der Waals surface area contributed by atoms with E-state index in [1.165, 1.54) is 135 Å². The first kappa shape index (κ1) is 26.4. The summed E-state index contributed by atoms with van der Waals surface area (Å²) in [5, 5.41) is 0. The highest BCUT2D eigenvalue weighted by atomic mass is 15.4. The Morgan fingerprint density at radius 3 is 1.14 bits per heavy atom. The lowest BCUT2D eigenvalue weighted by molar-refractivity contribution is 0.166. The molecular formula is C27H54N2. The standard InChI is InChI=1S/C27H54N2/c1-4-6-8-9-10-11-12-13-14-15-16-17-18-19-20-21-22-24-29-26-25-28(27(29)3)23-7-5-2/h25-27H,4-24H2,1-3H3. The topological polar surface area (TPSA) is 6.48 Å². The molecule has 1 unspecified atom stereocenters. The summed E-state index contributed by atoms with van der Waals surface area (Å²) in [6.45, 7) is 9.38. The van der Waals surface area contributed by atoms with Crippen LogP contribution in [0.3, 0.4) is 0 Å². The normalized spacial score (nSPS) is 16.3. The number of hydrogen-bond acceptors (Lipinski definition) is 2. The monoisotopic (exact) mass is 406 g/mol. The number of unbranched alkanes of at least 4 members (excludes halogenated alkanes) is 17. The van der Waals surface area contributed by atoms with Crippen LogP contribution in [0.1, 0.15) is 143 Å². The molecule has 172 valence electrons. The van der Waals surface area contributed by atoms with Gasteiger partial charge in [-0.25, -0.2) is 0 Å². The van der Waals surface area contributed by atoms with Crippen LogP contribution in [0.4, 0.5) is 0 Å². The fourth-order valence-electron chi connectivity index (χ4n) is 4.49. The summed E-state index contributed by atoms with van der Waals surface area (Å²) >= 11 is 0. The first-order valence-electron chi connectivity index (χ1n) is 13.5. The molecule has 29 heavy (non-hydrogen) atoms. The SMILES string of the molecule is CCCCCCCCCCCCCCCCCCCN1C=CN(CCCC)C1C. The number of hydrogen-bond donors (Lipinski definition) is 0. The predicted molar refractivity (Wildman–Crippen MR) is 131 cm³/mol. The van der Waals surface area contributed by atoms with Gasteiger partial charge in [-0.2, -0.15) is 0 Å². The molecule has 0 radical (unpaired) electrons. The van der Waals surface area contributed by atoms with Gasteiger partial charge in [-0.05, 0) is 19.8 Å². The maximum Gasteiger partial charge on any atom is 0.0977 e. The maximum absolute atomic E-state index is 2.53. The molecule has 0 bridgehead atoms. The summed E-state index contributed by atoms with van der Waals surface area (Å²) in [7, 11) is 0. The van der Waals surface area contributed by atoms with Gasteiger partial charge in [0.25, 0.3) is 0 Å². The summed E-state index contributed by atoms with van der Waals surface area (Å²) in [5.41, 5.74) is 0. The minimum absolute atomic E-state index is 0.572. The molecule has 0 saturated carbocycles. The lowest BCUT2D eigenvalue weighted by atomic mass is 10.0. The quantitative estimate of drug-likeness (QED) is 0.176. The predicted octanol–water partition coefficient (Wildman–Crippen LogP) is 8.87. The van der Waals surface area contributed by atoms with E-state index < -0.39 is 0 Å². The summed E-state index contributed by atoms with van der Waals surface area (Å²) in [5.74, 6) is 0. The van der Waals surface area contributed by atoms with E-state index in [1.807, 2.05) is 0 Å². The van der Waals surface area contributed by atoms with Crippen molar-refractivity contribution in [3.8, 4) is 0 Å². The van der Waals surface area contributed by atoms with Gasteiger partial charge in [0.2, 0.25) is 0 Å². The van der Waals surface area contributed by atoms with Crippen molar-refractivity contribution in [1.82, 2.24) is 9.80 Å². The third-order valence-electron chi connectivity index (χ3n) is 6.70. The van der Waals surface area contributed by atoms with E-state index in [0.29, 0.717) is 6.17 Å². The van der Waals surface area contributed by atoms with Crippen LogP contribution in [0, 0.1) is 0 Å². The highest BCUT2D eigenvalue weighted by molar-refractivity contribution is 4.95. The zero-order valence-corrected chi connectivity index (χ0v) is 20.5. The molecule has 0 aromatic rings. The minimum atomic E-state index is 0.572. The Morgan fingerprint density at radius 1 is 0.448 bits per heavy atom. The summed E-state index contributed by atoms with van der Waals surface area (Å²) in [6.07, 6.45) is 32.4. The molecular weight excluding hydrogens is 352 g/mol. The van der Waals surface area contributed by atoms with Gasteiger partial charge >= 0.3 is 0 Å². The van der Waals surface area contributed by atoms with Crippen molar-refractivity contribution in [3.05, 3.63) is 12.4 Å². The second-order valence-electron chi connectivity index (χ2n) is 9.42. The highest BCUT2D eigenvalue weighted by Crippen LogP contribution is 2.18. The molecule has 0 N–H and O–H groups in total. The molecule has 0 aromatic carbocycles. The summed E-state index contributed by atoms with van der Waals surface area (Å²) < 4.78 is 0. The molecule has 2 heteroatoms. The molecule has 1 rings (SSSR count). The Bertz CT molecular complexity index is 366. The molecule has 0 saturated heterocycles. The fourth-order valence-corrected chi connectivity index (χ4v) is 4.49. The van der Waals surface area contributed by atoms with Gasteiger partial charge in [-0.3, -0.25) is 0 Å². The lowest BCUT2D eigenvalue weighted by Crippen LogP contribution is -2.36. The largest absolute Gasteiger partial charge is 0.356 e. The highest BCUT2D eigenvalue weighted by Gasteiger charge is 2.20. The van der Waals surface area contributed by atoms with Crippen LogP contribution in [0.15, 0.2) is 12.4 Å². The molecule has 1 aliphatic rings. The Hall–Kier alpha value is -0.660. The van der Waals surface area contributed by atoms with Crippen LogP contribution in [0.25, 0.3) is 0 Å². The van der Waals surface area contributed by atoms with Gasteiger partial charge < -0.3 is 9.80 Å². The fraction of sp³-hybridized carbons (Fsp3) is 0.926. The Morgan fingerprint density at radius 2 is 0.759 bits per heavy atom. The number of rotatable bonds is 21. The van der Waals surface area contributed by atoms with Crippen LogP contribution in [0.5, 0.6) is 0 Å². The molecule has 1 aliphatic heterocycles. The van der Waals surface area contributed by atoms with Crippen LogP contribution in [-0.4, -0.2) is 29.1 Å². The molecule has 1 heterocycles. The second kappa shape index (κ2) is 19.3. The van der Waals surface area contributed by atoms with Crippen LogP contribution in [0.2, 0.25) is 0 Å². The second-order valence-corrected chi connectivity index (χ2v) is 9.42. The van der Waals surface area contributed by atoms with E-state index in [0.717, 1.165) is 0 Å². The van der Waals surface area contributed by atoms with E-state index in [1.54, 1.807) is 0 Å². The Kier molecular flexibility index (Phi) is 17.6. The zero-order valence-electron chi connectivity index (χ0n) is 20.5. The van der Waals surface area contributed by atoms with Gasteiger partial charge in [0.05, 0.1) is 6.17 Å². The van der Waals surface area contributed by atoms with Crippen molar-refractivity contribution in [2.45, 2.75) is 149 Å². The molecule has 0 aliphatic carbocycles. The minimum Gasteiger partial charge on any atom is -0.356 e. The summed E-state index contributed by atoms with van der Waals surface area (Å²) in [6, 6.07) is 0. The van der Waals surface area contributed by atoms with Crippen molar-refractivity contribution in [2.24, 2.45) is 0 Å². The first-order valence-corrected chi connectivity index (χ1v) is 13.5. The summed E-state index contributed by atoms with van der Waals surface area (Å²) in [4.78, 5) is 5.03. The molecule has 0 fully saturated rings. The molecule has 0 aromatic heterocycles. The van der Waals surface area contributed by atoms with Crippen LogP contribution < -0.4 is 0 Å². The van der Waals surface area contributed by atoms with E-state index in [4.69, 9.17) is 0 Å². The van der Waals surface area contributed by atoms with Gasteiger partial charge in [0, 0.05) is 25.5 Å². The lowest BCUT2D eigenvalue weighted by Gasteiger charge is -2.29. The van der Waals surface area contributed by atoms with Crippen molar-refractivity contribution in [3.63, 3.8) is 0 Å². The van der Waals surface area contributed by atoms with E-state index >= 15 is 0 Å². The van der Waals surface area contributed by atoms with Crippen molar-refractivity contribution in [1.29, 1.82) is 0 Å². The maximum atomic E-state index is 2.53. The smallest absolute Gasteiger partial charge is 0.0977 e. The van der Waals surface area contributed by atoms with Crippen molar-refractivity contribution < 1.29 is 0 Å². The average molecular weight is 407 g/mol. The number of nitrogens with zero attached hydrogens (tertiary/aromatic N) is 2. The Labute approximate surface area is 184 Å². The molecule has 1 atom stereocenters. The van der Waals surface area contributed by atoms with Gasteiger partial charge in [-0.15, -0.1) is 0 Å². The third kappa shape index (κ3) is 14.1.